The number of ether oxygens (including phenoxy) is 1. The molecule has 1 saturated carbocycles. The molecule has 1 saturated heterocycles. The van der Waals surface area contributed by atoms with Gasteiger partial charge in [0.15, 0.2) is 0 Å². The van der Waals surface area contributed by atoms with Gasteiger partial charge in [0.2, 0.25) is 5.82 Å². The Morgan fingerprint density at radius 1 is 0.963 bits per heavy atom. The quantitative estimate of drug-likeness (QED) is 0.656. The first-order valence-corrected chi connectivity index (χ1v) is 9.72. The van der Waals surface area contributed by atoms with Crippen molar-refractivity contribution in [1.82, 2.24) is 15.0 Å². The second kappa shape index (κ2) is 7.16. The van der Waals surface area contributed by atoms with Gasteiger partial charge in [-0.05, 0) is 61.6 Å². The highest BCUT2D eigenvalue weighted by molar-refractivity contribution is 5.60. The molecule has 5 rings (SSSR count). The van der Waals surface area contributed by atoms with Crippen molar-refractivity contribution in [3.8, 4) is 28.6 Å². The van der Waals surface area contributed by atoms with Gasteiger partial charge in [-0.1, -0.05) is 23.4 Å². The highest BCUT2D eigenvalue weighted by Gasteiger charge is 2.30. The van der Waals surface area contributed by atoms with E-state index in [1.165, 1.54) is 19.4 Å². The predicted octanol–water partition coefficient (Wildman–Crippen LogP) is 4.27. The molecule has 3 aromatic rings. The Hall–Kier alpha value is -2.66. The highest BCUT2D eigenvalue weighted by atomic mass is 16.5. The summed E-state index contributed by atoms with van der Waals surface area (Å²) in [6.07, 6.45) is 4.22. The zero-order chi connectivity index (χ0) is 18.1. The fraction of sp³-hybridized carbons (Fsp3) is 0.364. The van der Waals surface area contributed by atoms with Gasteiger partial charge in [0.1, 0.15) is 11.9 Å². The maximum atomic E-state index is 6.17. The van der Waals surface area contributed by atoms with E-state index in [0.717, 1.165) is 42.3 Å². The summed E-state index contributed by atoms with van der Waals surface area (Å²) < 4.78 is 11.6. The van der Waals surface area contributed by atoms with Gasteiger partial charge in [0.25, 0.3) is 5.89 Å². The van der Waals surface area contributed by atoms with E-state index >= 15 is 0 Å². The van der Waals surface area contributed by atoms with Crippen LogP contribution in [0.5, 0.6) is 5.75 Å². The van der Waals surface area contributed by atoms with E-state index in [2.05, 4.69) is 15.0 Å². The first kappa shape index (κ1) is 16.5. The van der Waals surface area contributed by atoms with Gasteiger partial charge in [0, 0.05) is 30.8 Å². The average molecular weight is 361 g/mol. The molecular formula is C22H23N3O2. The third-order valence-electron chi connectivity index (χ3n) is 5.30. The molecule has 1 aliphatic carbocycles. The Balaban J connectivity index is 1.22. The summed E-state index contributed by atoms with van der Waals surface area (Å²) in [7, 11) is 0. The molecule has 138 valence electrons. The fourth-order valence-corrected chi connectivity index (χ4v) is 3.64. The first-order chi connectivity index (χ1) is 13.3. The van der Waals surface area contributed by atoms with Crippen LogP contribution in [0.15, 0.2) is 59.1 Å². The van der Waals surface area contributed by atoms with Gasteiger partial charge >= 0.3 is 0 Å². The van der Waals surface area contributed by atoms with E-state index in [1.54, 1.807) is 0 Å². The lowest BCUT2D eigenvalue weighted by molar-refractivity contribution is 0.198. The van der Waals surface area contributed by atoms with Crippen LogP contribution in [0, 0.1) is 5.92 Å². The molecular weight excluding hydrogens is 338 g/mol. The SMILES string of the molecule is c1ccc(-c2nc(-c3ccc(OC4CCN(CC5CC5)C4)cc3)no2)cc1. The van der Waals surface area contributed by atoms with Crippen LogP contribution in [-0.2, 0) is 0 Å². The van der Waals surface area contributed by atoms with Crippen LogP contribution in [-0.4, -0.2) is 40.8 Å². The lowest BCUT2D eigenvalue weighted by Crippen LogP contribution is -2.26. The van der Waals surface area contributed by atoms with Crippen molar-refractivity contribution in [3.63, 3.8) is 0 Å². The van der Waals surface area contributed by atoms with Crippen molar-refractivity contribution in [2.24, 2.45) is 5.92 Å². The zero-order valence-electron chi connectivity index (χ0n) is 15.3. The van der Waals surface area contributed by atoms with Gasteiger partial charge < -0.3 is 9.26 Å². The number of hydrogen-bond donors (Lipinski definition) is 0. The number of nitrogens with zero attached hydrogens (tertiary/aromatic N) is 3. The molecule has 2 fully saturated rings. The third-order valence-corrected chi connectivity index (χ3v) is 5.30. The molecule has 0 amide bonds. The lowest BCUT2D eigenvalue weighted by Gasteiger charge is -2.16. The van der Waals surface area contributed by atoms with Gasteiger partial charge in [-0.15, -0.1) is 0 Å². The monoisotopic (exact) mass is 361 g/mol. The minimum Gasteiger partial charge on any atom is -0.489 e. The number of likely N-dealkylation sites (tertiary alicyclic amines) is 1. The smallest absolute Gasteiger partial charge is 0.258 e. The average Bonchev–Trinajstić information content (AvgIpc) is 3.20. The zero-order valence-corrected chi connectivity index (χ0v) is 15.3. The molecule has 1 atom stereocenters. The molecule has 1 aromatic heterocycles. The van der Waals surface area contributed by atoms with Crippen LogP contribution >= 0.6 is 0 Å². The van der Waals surface area contributed by atoms with Gasteiger partial charge in [-0.2, -0.15) is 4.98 Å². The van der Waals surface area contributed by atoms with Crippen molar-refractivity contribution in [2.75, 3.05) is 19.6 Å². The van der Waals surface area contributed by atoms with E-state index < -0.39 is 0 Å². The second-order valence-electron chi connectivity index (χ2n) is 7.55. The summed E-state index contributed by atoms with van der Waals surface area (Å²) in [6.45, 7) is 3.45. The molecule has 0 bridgehead atoms. The summed E-state index contributed by atoms with van der Waals surface area (Å²) in [5, 5.41) is 4.11. The number of hydrogen-bond acceptors (Lipinski definition) is 5. The Morgan fingerprint density at radius 2 is 1.78 bits per heavy atom. The Bertz CT molecular complexity index is 887. The van der Waals surface area contributed by atoms with Crippen molar-refractivity contribution in [2.45, 2.75) is 25.4 Å². The molecule has 1 aliphatic heterocycles. The van der Waals surface area contributed by atoms with E-state index in [0.29, 0.717) is 17.8 Å². The molecule has 27 heavy (non-hydrogen) atoms. The van der Waals surface area contributed by atoms with Gasteiger partial charge in [-0.3, -0.25) is 4.90 Å². The van der Waals surface area contributed by atoms with E-state index in [1.807, 2.05) is 54.6 Å². The molecule has 2 aliphatic rings. The van der Waals surface area contributed by atoms with Gasteiger partial charge in [-0.25, -0.2) is 0 Å². The van der Waals surface area contributed by atoms with Crippen LogP contribution in [0.1, 0.15) is 19.3 Å². The Kier molecular flexibility index (Phi) is 4.38. The summed E-state index contributed by atoms with van der Waals surface area (Å²) in [4.78, 5) is 7.04. The van der Waals surface area contributed by atoms with Gasteiger partial charge in [0.05, 0.1) is 0 Å². The number of benzene rings is 2. The third kappa shape index (κ3) is 3.88. The molecule has 0 radical (unpaired) electrons. The van der Waals surface area contributed by atoms with Crippen LogP contribution in [0.4, 0.5) is 0 Å². The molecule has 5 nitrogen and oxygen atoms in total. The first-order valence-electron chi connectivity index (χ1n) is 9.72. The topological polar surface area (TPSA) is 51.4 Å². The molecule has 5 heteroatoms. The minimum atomic E-state index is 0.296. The minimum absolute atomic E-state index is 0.296. The lowest BCUT2D eigenvalue weighted by atomic mass is 10.2. The summed E-state index contributed by atoms with van der Waals surface area (Å²) in [5.41, 5.74) is 1.85. The van der Waals surface area contributed by atoms with Crippen molar-refractivity contribution in [1.29, 1.82) is 0 Å². The van der Waals surface area contributed by atoms with E-state index in [-0.39, 0.29) is 0 Å². The number of aromatic nitrogens is 2. The summed E-state index contributed by atoms with van der Waals surface area (Å²) >= 11 is 0. The summed E-state index contributed by atoms with van der Waals surface area (Å²) in [5.74, 6) is 2.98. The second-order valence-corrected chi connectivity index (χ2v) is 7.55. The van der Waals surface area contributed by atoms with Crippen molar-refractivity contribution < 1.29 is 9.26 Å². The maximum Gasteiger partial charge on any atom is 0.258 e. The fourth-order valence-electron chi connectivity index (χ4n) is 3.64. The standard InChI is InChI=1S/C22H23N3O2/c1-2-4-18(5-3-1)22-23-21(24-27-22)17-8-10-19(11-9-17)26-20-12-13-25(15-20)14-16-6-7-16/h1-5,8-11,16,20H,6-7,12-15H2. The van der Waals surface area contributed by atoms with Crippen molar-refractivity contribution >= 4 is 0 Å². The molecule has 1 unspecified atom stereocenters. The predicted molar refractivity (Wildman–Crippen MR) is 103 cm³/mol. The Morgan fingerprint density at radius 3 is 2.56 bits per heavy atom. The molecule has 2 heterocycles. The van der Waals surface area contributed by atoms with Crippen molar-refractivity contribution in [3.05, 3.63) is 54.6 Å². The van der Waals surface area contributed by atoms with Crippen LogP contribution < -0.4 is 4.74 Å². The van der Waals surface area contributed by atoms with Crippen LogP contribution in [0.2, 0.25) is 0 Å². The normalized spacial score (nSPS) is 20.1. The molecule has 0 N–H and O–H groups in total. The number of rotatable bonds is 6. The molecule has 2 aromatic carbocycles. The maximum absolute atomic E-state index is 6.17. The van der Waals surface area contributed by atoms with E-state index in [4.69, 9.17) is 9.26 Å². The highest BCUT2D eigenvalue weighted by Crippen LogP contribution is 2.31. The molecule has 0 spiro atoms. The Labute approximate surface area is 159 Å². The van der Waals surface area contributed by atoms with Crippen LogP contribution in [0.3, 0.4) is 0 Å². The largest absolute Gasteiger partial charge is 0.489 e. The summed E-state index contributed by atoms with van der Waals surface area (Å²) in [6, 6.07) is 17.8. The van der Waals surface area contributed by atoms with E-state index in [9.17, 15) is 0 Å². The van der Waals surface area contributed by atoms with Crippen LogP contribution in [0.25, 0.3) is 22.8 Å².